The first-order chi connectivity index (χ1) is 16.8. The lowest BCUT2D eigenvalue weighted by Crippen LogP contribution is -2.09. The van der Waals surface area contributed by atoms with Crippen LogP contribution in [0.1, 0.15) is 51.3 Å². The predicted octanol–water partition coefficient (Wildman–Crippen LogP) is 5.80. The lowest BCUT2D eigenvalue weighted by Gasteiger charge is -2.07. The Morgan fingerprint density at radius 3 is 2.60 bits per heavy atom. The highest BCUT2D eigenvalue weighted by Crippen LogP contribution is 2.31. The van der Waals surface area contributed by atoms with Crippen molar-refractivity contribution in [1.29, 1.82) is 5.26 Å². The number of ether oxygens (including phenoxy) is 1. The van der Waals surface area contributed by atoms with E-state index < -0.39 is 5.76 Å². The first kappa shape index (κ1) is 30.1. The summed E-state index contributed by atoms with van der Waals surface area (Å²) in [7, 11) is 1.65. The van der Waals surface area contributed by atoms with Gasteiger partial charge in [0.1, 0.15) is 12.4 Å². The molecular formula is C26H36FN3O4S. The Morgan fingerprint density at radius 1 is 1.31 bits per heavy atom. The number of amides is 1. The van der Waals surface area contributed by atoms with Gasteiger partial charge in [-0.1, -0.05) is 27.2 Å². The van der Waals surface area contributed by atoms with Gasteiger partial charge in [-0.05, 0) is 61.9 Å². The number of aromatic nitrogens is 1. The number of oxazole rings is 1. The van der Waals surface area contributed by atoms with Gasteiger partial charge in [-0.25, -0.2) is 9.18 Å². The van der Waals surface area contributed by atoms with Crippen molar-refractivity contribution in [2.24, 2.45) is 13.0 Å². The monoisotopic (exact) mass is 505 g/mol. The smallest absolute Gasteiger partial charge is 0.408 e. The molecule has 192 valence electrons. The minimum absolute atomic E-state index is 0.101. The van der Waals surface area contributed by atoms with E-state index in [0.29, 0.717) is 22.4 Å². The number of rotatable bonds is 10. The van der Waals surface area contributed by atoms with Crippen molar-refractivity contribution >= 4 is 28.8 Å². The van der Waals surface area contributed by atoms with Crippen LogP contribution in [0, 0.1) is 30.0 Å². The molecule has 9 heteroatoms. The number of halogens is 1. The summed E-state index contributed by atoms with van der Waals surface area (Å²) in [6.45, 7) is 10.4. The van der Waals surface area contributed by atoms with Gasteiger partial charge < -0.3 is 14.5 Å². The van der Waals surface area contributed by atoms with Crippen molar-refractivity contribution < 1.29 is 18.3 Å². The summed E-state index contributed by atoms with van der Waals surface area (Å²) in [4.78, 5) is 22.2. The van der Waals surface area contributed by atoms with Gasteiger partial charge in [0.05, 0.1) is 11.6 Å². The SMILES string of the molecule is CCCOCCCC(C)CC.Cc1sc(-c2ccc3oc(=O)n(C)c3c2)cc1F.N#CCNC=O. The lowest BCUT2D eigenvalue weighted by molar-refractivity contribution is -0.109. The molecule has 0 saturated heterocycles. The van der Waals surface area contributed by atoms with E-state index in [0.717, 1.165) is 36.0 Å². The Kier molecular flexibility index (Phi) is 14.3. The van der Waals surface area contributed by atoms with Crippen LogP contribution in [0.25, 0.3) is 21.5 Å². The third-order valence-corrected chi connectivity index (χ3v) is 6.30. The van der Waals surface area contributed by atoms with Gasteiger partial charge in [-0.15, -0.1) is 11.3 Å². The van der Waals surface area contributed by atoms with Crippen molar-refractivity contribution in [3.8, 4) is 16.5 Å². The Morgan fingerprint density at radius 2 is 2.06 bits per heavy atom. The maximum absolute atomic E-state index is 13.4. The van der Waals surface area contributed by atoms with Crippen LogP contribution in [0.5, 0.6) is 0 Å². The maximum atomic E-state index is 13.4. The maximum Gasteiger partial charge on any atom is 0.419 e. The first-order valence-corrected chi connectivity index (χ1v) is 12.6. The number of nitrogens with one attached hydrogen (secondary N) is 1. The molecule has 1 unspecified atom stereocenters. The fourth-order valence-corrected chi connectivity index (χ4v) is 3.85. The first-order valence-electron chi connectivity index (χ1n) is 11.8. The van der Waals surface area contributed by atoms with E-state index in [2.05, 4.69) is 26.1 Å². The van der Waals surface area contributed by atoms with Gasteiger partial charge in [0.2, 0.25) is 6.41 Å². The quantitative estimate of drug-likeness (QED) is 0.213. The molecule has 0 fully saturated rings. The summed E-state index contributed by atoms with van der Waals surface area (Å²) < 4.78 is 25.2. The second-order valence-electron chi connectivity index (χ2n) is 8.05. The zero-order chi connectivity index (χ0) is 26.2. The molecule has 7 nitrogen and oxygen atoms in total. The van der Waals surface area contributed by atoms with Gasteiger partial charge in [-0.3, -0.25) is 9.36 Å². The molecular weight excluding hydrogens is 469 g/mol. The molecule has 0 aliphatic heterocycles. The van der Waals surface area contributed by atoms with E-state index in [9.17, 15) is 14.0 Å². The highest BCUT2D eigenvalue weighted by Gasteiger charge is 2.10. The summed E-state index contributed by atoms with van der Waals surface area (Å²) in [5, 5.41) is 9.88. The predicted molar refractivity (Wildman–Crippen MR) is 139 cm³/mol. The van der Waals surface area contributed by atoms with Crippen LogP contribution >= 0.6 is 11.3 Å². The van der Waals surface area contributed by atoms with Crippen molar-refractivity contribution in [3.05, 3.63) is 45.5 Å². The molecule has 35 heavy (non-hydrogen) atoms. The molecule has 2 heterocycles. The number of fused-ring (bicyclic) bond motifs is 1. The number of hydrogen-bond donors (Lipinski definition) is 1. The zero-order valence-corrected chi connectivity index (χ0v) is 22.0. The molecule has 0 bridgehead atoms. The molecule has 1 atom stereocenters. The average Bonchev–Trinajstić information content (AvgIpc) is 3.35. The van der Waals surface area contributed by atoms with E-state index in [1.807, 2.05) is 12.1 Å². The van der Waals surface area contributed by atoms with Gasteiger partial charge in [0.25, 0.3) is 0 Å². The van der Waals surface area contributed by atoms with Crippen LogP contribution in [0.2, 0.25) is 0 Å². The summed E-state index contributed by atoms with van der Waals surface area (Å²) in [5.74, 6) is 0.284. The summed E-state index contributed by atoms with van der Waals surface area (Å²) >= 11 is 1.40. The third-order valence-electron chi connectivity index (χ3n) is 5.23. The third kappa shape index (κ3) is 10.5. The number of thiophene rings is 1. The van der Waals surface area contributed by atoms with Crippen molar-refractivity contribution in [2.75, 3.05) is 19.8 Å². The summed E-state index contributed by atoms with van der Waals surface area (Å²) in [6, 6.07) is 8.64. The molecule has 0 saturated carbocycles. The molecule has 0 radical (unpaired) electrons. The van der Waals surface area contributed by atoms with Gasteiger partial charge in [0, 0.05) is 30.0 Å². The summed E-state index contributed by atoms with van der Waals surface area (Å²) in [6.07, 6.45) is 5.48. The van der Waals surface area contributed by atoms with Crippen LogP contribution in [0.4, 0.5) is 4.39 Å². The standard InChI is InChI=1S/C13H10FNO2S.C10H22O.C3H4N2O/c1-7-9(14)6-12(18-7)8-3-4-11-10(5-8)15(2)13(16)17-11;1-4-8-11-9-6-7-10(3)5-2;4-1-2-5-3-6/h3-6H,1-2H3;10H,4-9H2,1-3H3;3H,2H2,(H,5,6). The minimum atomic E-state index is -0.393. The van der Waals surface area contributed by atoms with Gasteiger partial charge in [-0.2, -0.15) is 5.26 Å². The molecule has 1 amide bonds. The molecule has 0 spiro atoms. The number of benzene rings is 1. The van der Waals surface area contributed by atoms with Crippen molar-refractivity contribution in [1.82, 2.24) is 9.88 Å². The topological polar surface area (TPSA) is 97.3 Å². The highest BCUT2D eigenvalue weighted by molar-refractivity contribution is 7.15. The fraction of sp³-hybridized carbons (Fsp3) is 0.500. The van der Waals surface area contributed by atoms with Crippen LogP contribution < -0.4 is 11.1 Å². The second kappa shape index (κ2) is 16.6. The van der Waals surface area contributed by atoms with E-state index in [1.54, 1.807) is 26.1 Å². The lowest BCUT2D eigenvalue weighted by atomic mass is 10.0. The number of carbonyl (C=O) groups excluding carboxylic acids is 1. The molecule has 1 aromatic carbocycles. The van der Waals surface area contributed by atoms with Crippen LogP contribution in [0.3, 0.4) is 0 Å². The largest absolute Gasteiger partial charge is 0.419 e. The molecule has 1 N–H and O–H groups in total. The average molecular weight is 506 g/mol. The summed E-state index contributed by atoms with van der Waals surface area (Å²) in [5.41, 5.74) is 2.14. The Labute approximate surface area is 210 Å². The number of carbonyl (C=O) groups is 1. The van der Waals surface area contributed by atoms with Gasteiger partial charge >= 0.3 is 5.76 Å². The number of aryl methyl sites for hydroxylation is 2. The number of hydrogen-bond acceptors (Lipinski definition) is 6. The van der Waals surface area contributed by atoms with E-state index in [1.165, 1.54) is 41.2 Å². The van der Waals surface area contributed by atoms with Crippen LogP contribution in [0.15, 0.2) is 33.5 Å². The van der Waals surface area contributed by atoms with Crippen molar-refractivity contribution in [3.63, 3.8) is 0 Å². The molecule has 0 aliphatic rings. The van der Waals surface area contributed by atoms with Crippen LogP contribution in [-0.2, 0) is 16.6 Å². The van der Waals surface area contributed by atoms with E-state index >= 15 is 0 Å². The van der Waals surface area contributed by atoms with Gasteiger partial charge in [0.15, 0.2) is 5.58 Å². The van der Waals surface area contributed by atoms with Crippen LogP contribution in [-0.4, -0.2) is 30.7 Å². The van der Waals surface area contributed by atoms with E-state index in [4.69, 9.17) is 14.4 Å². The Bertz CT molecular complexity index is 1110. The second-order valence-corrected chi connectivity index (χ2v) is 9.31. The highest BCUT2D eigenvalue weighted by atomic mass is 32.1. The zero-order valence-electron chi connectivity index (χ0n) is 21.2. The fourth-order valence-electron chi connectivity index (χ4n) is 2.95. The Hall–Kier alpha value is -2.96. The molecule has 3 aromatic rings. The molecule has 0 aliphatic carbocycles. The Balaban J connectivity index is 0.000000309. The number of nitriles is 1. The molecule has 3 rings (SSSR count). The molecule has 2 aromatic heterocycles. The normalized spacial score (nSPS) is 11.0. The minimum Gasteiger partial charge on any atom is -0.408 e. The number of nitrogens with zero attached hydrogens (tertiary/aromatic N) is 2. The van der Waals surface area contributed by atoms with Crippen molar-refractivity contribution in [2.45, 2.75) is 53.4 Å². The van der Waals surface area contributed by atoms with E-state index in [-0.39, 0.29) is 12.4 Å².